The van der Waals surface area contributed by atoms with Crippen LogP contribution in [0, 0.1) is 0 Å². The van der Waals surface area contributed by atoms with Crippen molar-refractivity contribution >= 4 is 33.5 Å². The molecule has 8 nitrogen and oxygen atoms in total. The van der Waals surface area contributed by atoms with Crippen LogP contribution in [0.3, 0.4) is 0 Å². The molecule has 28 heavy (non-hydrogen) atoms. The zero-order valence-corrected chi connectivity index (χ0v) is 16.8. The van der Waals surface area contributed by atoms with Crippen molar-refractivity contribution < 1.29 is 33.3 Å². The standard InChI is InChI=1S/C19H18BrNO7/c1-24-13-4-3-5-14(25-2)18(13)19(23)28-10-17(22)21-12-9-16-15(8-11(12)20)26-6-7-27-16/h3-5,8-9H,6-7,10H2,1-2H3,(H,21,22). The molecule has 1 N–H and O–H groups in total. The highest BCUT2D eigenvalue weighted by atomic mass is 79.9. The summed E-state index contributed by atoms with van der Waals surface area (Å²) >= 11 is 3.37. The van der Waals surface area contributed by atoms with E-state index >= 15 is 0 Å². The van der Waals surface area contributed by atoms with Gasteiger partial charge in [0, 0.05) is 16.6 Å². The third-order valence-electron chi connectivity index (χ3n) is 3.87. The van der Waals surface area contributed by atoms with Gasteiger partial charge >= 0.3 is 5.97 Å². The lowest BCUT2D eigenvalue weighted by atomic mass is 10.2. The summed E-state index contributed by atoms with van der Waals surface area (Å²) in [5.74, 6) is 0.454. The Balaban J connectivity index is 1.66. The van der Waals surface area contributed by atoms with Gasteiger partial charge in [0.2, 0.25) is 0 Å². The SMILES string of the molecule is COc1cccc(OC)c1C(=O)OCC(=O)Nc1cc2c(cc1Br)OCCO2. The average Bonchev–Trinajstić information content (AvgIpc) is 2.71. The molecule has 1 aliphatic heterocycles. The molecule has 0 bridgehead atoms. The molecule has 0 radical (unpaired) electrons. The van der Waals surface area contributed by atoms with E-state index in [-0.39, 0.29) is 5.56 Å². The fraction of sp³-hybridized carbons (Fsp3) is 0.263. The Hall–Kier alpha value is -2.94. The number of hydrogen-bond acceptors (Lipinski definition) is 7. The van der Waals surface area contributed by atoms with Gasteiger partial charge in [0.05, 0.1) is 19.9 Å². The van der Waals surface area contributed by atoms with Crippen LogP contribution in [0.5, 0.6) is 23.0 Å². The molecule has 1 heterocycles. The van der Waals surface area contributed by atoms with Crippen molar-refractivity contribution in [3.8, 4) is 23.0 Å². The van der Waals surface area contributed by atoms with Crippen LogP contribution in [0.1, 0.15) is 10.4 Å². The number of nitrogens with one attached hydrogen (secondary N) is 1. The van der Waals surface area contributed by atoms with Gasteiger partial charge < -0.3 is 29.0 Å². The highest BCUT2D eigenvalue weighted by Crippen LogP contribution is 2.38. The number of rotatable bonds is 6. The minimum absolute atomic E-state index is 0.112. The van der Waals surface area contributed by atoms with Crippen LogP contribution >= 0.6 is 15.9 Å². The summed E-state index contributed by atoms with van der Waals surface area (Å²) in [5.41, 5.74) is 0.584. The number of carbonyl (C=O) groups excluding carboxylic acids is 2. The topological polar surface area (TPSA) is 92.3 Å². The number of hydrogen-bond donors (Lipinski definition) is 1. The van der Waals surface area contributed by atoms with E-state index in [0.29, 0.717) is 46.4 Å². The number of ether oxygens (including phenoxy) is 5. The summed E-state index contributed by atoms with van der Waals surface area (Å²) in [6, 6.07) is 8.23. The van der Waals surface area contributed by atoms with Gasteiger partial charge in [-0.2, -0.15) is 0 Å². The van der Waals surface area contributed by atoms with Crippen molar-refractivity contribution in [2.75, 3.05) is 39.4 Å². The summed E-state index contributed by atoms with van der Waals surface area (Å²) in [6.07, 6.45) is 0. The minimum atomic E-state index is -0.731. The normalized spacial score (nSPS) is 12.1. The van der Waals surface area contributed by atoms with E-state index in [1.54, 1.807) is 30.3 Å². The molecule has 2 aromatic rings. The van der Waals surface area contributed by atoms with Gasteiger partial charge in [-0.25, -0.2) is 4.79 Å². The molecule has 0 aromatic heterocycles. The molecule has 9 heteroatoms. The van der Waals surface area contributed by atoms with Crippen molar-refractivity contribution in [2.24, 2.45) is 0 Å². The molecule has 3 rings (SSSR count). The van der Waals surface area contributed by atoms with Crippen molar-refractivity contribution in [1.29, 1.82) is 0 Å². The van der Waals surface area contributed by atoms with E-state index in [1.807, 2.05) is 0 Å². The Bertz CT molecular complexity index is 878. The molecule has 0 saturated heterocycles. The van der Waals surface area contributed by atoms with Gasteiger partial charge in [0.15, 0.2) is 18.1 Å². The molecule has 1 amide bonds. The molecule has 1 aliphatic rings. The maximum absolute atomic E-state index is 12.4. The van der Waals surface area contributed by atoms with E-state index in [0.717, 1.165) is 0 Å². The Labute approximate surface area is 169 Å². The van der Waals surface area contributed by atoms with E-state index in [9.17, 15) is 9.59 Å². The second kappa shape index (κ2) is 8.83. The maximum Gasteiger partial charge on any atom is 0.346 e. The fourth-order valence-electron chi connectivity index (χ4n) is 2.60. The van der Waals surface area contributed by atoms with E-state index in [1.165, 1.54) is 14.2 Å². The predicted molar refractivity (Wildman–Crippen MR) is 104 cm³/mol. The number of amides is 1. The number of fused-ring (bicyclic) bond motifs is 1. The Morgan fingerprint density at radius 2 is 1.68 bits per heavy atom. The summed E-state index contributed by atoms with van der Waals surface area (Å²) < 4.78 is 27.0. The first kappa shape index (κ1) is 19.8. The summed E-state index contributed by atoms with van der Waals surface area (Å²) in [4.78, 5) is 24.6. The number of anilines is 1. The van der Waals surface area contributed by atoms with Gasteiger partial charge in [-0.05, 0) is 28.1 Å². The number of benzene rings is 2. The molecule has 148 valence electrons. The molecule has 2 aromatic carbocycles. The molecule has 0 aliphatic carbocycles. The number of methoxy groups -OCH3 is 2. The van der Waals surface area contributed by atoms with Gasteiger partial charge in [-0.3, -0.25) is 4.79 Å². The van der Waals surface area contributed by atoms with Crippen LogP contribution < -0.4 is 24.3 Å². The Morgan fingerprint density at radius 1 is 1.07 bits per heavy atom. The van der Waals surface area contributed by atoms with E-state index in [2.05, 4.69) is 21.2 Å². The van der Waals surface area contributed by atoms with Crippen LogP contribution in [-0.2, 0) is 9.53 Å². The highest BCUT2D eigenvalue weighted by Gasteiger charge is 2.21. The molecule has 0 atom stereocenters. The lowest BCUT2D eigenvalue weighted by molar-refractivity contribution is -0.119. The Morgan fingerprint density at radius 3 is 2.29 bits per heavy atom. The Kier molecular flexibility index (Phi) is 6.25. The fourth-order valence-corrected chi connectivity index (χ4v) is 3.02. The second-order valence-electron chi connectivity index (χ2n) is 5.64. The highest BCUT2D eigenvalue weighted by molar-refractivity contribution is 9.10. The van der Waals surface area contributed by atoms with Crippen molar-refractivity contribution in [3.63, 3.8) is 0 Å². The maximum atomic E-state index is 12.4. The largest absolute Gasteiger partial charge is 0.496 e. The van der Waals surface area contributed by atoms with E-state index in [4.69, 9.17) is 23.7 Å². The van der Waals surface area contributed by atoms with Crippen LogP contribution in [0.2, 0.25) is 0 Å². The summed E-state index contributed by atoms with van der Waals surface area (Å²) in [7, 11) is 2.86. The molecular weight excluding hydrogens is 434 g/mol. The zero-order chi connectivity index (χ0) is 20.1. The van der Waals surface area contributed by atoms with Crippen LogP contribution in [0.25, 0.3) is 0 Å². The number of esters is 1. The first-order valence-corrected chi connectivity index (χ1v) is 9.10. The van der Waals surface area contributed by atoms with Gasteiger partial charge in [0.1, 0.15) is 30.3 Å². The first-order chi connectivity index (χ1) is 13.5. The minimum Gasteiger partial charge on any atom is -0.496 e. The zero-order valence-electron chi connectivity index (χ0n) is 15.2. The third-order valence-corrected chi connectivity index (χ3v) is 4.53. The molecule has 0 spiro atoms. The van der Waals surface area contributed by atoms with Crippen LogP contribution in [-0.4, -0.2) is 45.9 Å². The van der Waals surface area contributed by atoms with Gasteiger partial charge in [0.25, 0.3) is 5.91 Å². The molecule has 0 fully saturated rings. The second-order valence-corrected chi connectivity index (χ2v) is 6.49. The lowest BCUT2D eigenvalue weighted by Gasteiger charge is -2.20. The smallest absolute Gasteiger partial charge is 0.346 e. The summed E-state index contributed by atoms with van der Waals surface area (Å²) in [6.45, 7) is 0.412. The first-order valence-electron chi connectivity index (χ1n) is 8.30. The molecular formula is C19H18BrNO7. The molecule has 0 saturated carbocycles. The van der Waals surface area contributed by atoms with Gasteiger partial charge in [-0.15, -0.1) is 0 Å². The quantitative estimate of drug-likeness (QED) is 0.674. The third kappa shape index (κ3) is 4.30. The lowest BCUT2D eigenvalue weighted by Crippen LogP contribution is -2.22. The van der Waals surface area contributed by atoms with Gasteiger partial charge in [-0.1, -0.05) is 6.07 Å². The average molecular weight is 452 g/mol. The van der Waals surface area contributed by atoms with Crippen LogP contribution in [0.4, 0.5) is 5.69 Å². The van der Waals surface area contributed by atoms with Crippen molar-refractivity contribution in [2.45, 2.75) is 0 Å². The van der Waals surface area contributed by atoms with Crippen LogP contribution in [0.15, 0.2) is 34.8 Å². The molecule has 0 unspecified atom stereocenters. The van der Waals surface area contributed by atoms with E-state index < -0.39 is 18.5 Å². The van der Waals surface area contributed by atoms with Crippen molar-refractivity contribution in [1.82, 2.24) is 0 Å². The monoisotopic (exact) mass is 451 g/mol. The number of carbonyl (C=O) groups is 2. The summed E-state index contributed by atoms with van der Waals surface area (Å²) in [5, 5.41) is 2.66. The van der Waals surface area contributed by atoms with Crippen molar-refractivity contribution in [3.05, 3.63) is 40.4 Å². The predicted octanol–water partition coefficient (Wildman–Crippen LogP) is 3.03. The number of halogens is 1.